The van der Waals surface area contributed by atoms with Gasteiger partial charge in [0.15, 0.2) is 11.5 Å². The summed E-state index contributed by atoms with van der Waals surface area (Å²) in [7, 11) is 3.20. The molecule has 0 bridgehead atoms. The lowest BCUT2D eigenvalue weighted by atomic mass is 9.88. The fraction of sp³-hybridized carbons (Fsp3) is 0.538. The van der Waals surface area contributed by atoms with Gasteiger partial charge in [-0.2, -0.15) is 4.91 Å². The number of hydrogen-bond donors (Lipinski definition) is 0. The first kappa shape index (κ1) is 13.5. The van der Waals surface area contributed by atoms with Crippen LogP contribution in [0.5, 0.6) is 11.5 Å². The molecule has 0 heterocycles. The first-order valence-corrected chi connectivity index (χ1v) is 5.65. The predicted octanol–water partition coefficient (Wildman–Crippen LogP) is 3.21. The van der Waals surface area contributed by atoms with Crippen molar-refractivity contribution in [3.8, 4) is 11.5 Å². The SMILES string of the molecule is COc1ccc(C(CN=O)C(C)C)cc1OC. The van der Waals surface area contributed by atoms with E-state index in [1.54, 1.807) is 14.2 Å². The molecule has 0 saturated carbocycles. The first-order chi connectivity index (χ1) is 8.13. The molecule has 17 heavy (non-hydrogen) atoms. The normalized spacial score (nSPS) is 12.3. The molecule has 0 fully saturated rings. The molecule has 1 aromatic rings. The quantitative estimate of drug-likeness (QED) is 0.714. The number of nitroso groups, excluding NO2 is 1. The largest absolute Gasteiger partial charge is 0.493 e. The lowest BCUT2D eigenvalue weighted by Crippen LogP contribution is -2.10. The van der Waals surface area contributed by atoms with E-state index in [-0.39, 0.29) is 12.5 Å². The van der Waals surface area contributed by atoms with Crippen molar-refractivity contribution in [2.45, 2.75) is 19.8 Å². The molecule has 0 aliphatic rings. The van der Waals surface area contributed by atoms with Crippen LogP contribution >= 0.6 is 0 Å². The Hall–Kier alpha value is -1.58. The zero-order valence-electron chi connectivity index (χ0n) is 10.8. The number of methoxy groups -OCH3 is 2. The van der Waals surface area contributed by atoms with Gasteiger partial charge in [-0.05, 0) is 23.6 Å². The maximum Gasteiger partial charge on any atom is 0.160 e. The van der Waals surface area contributed by atoms with Crippen LogP contribution in [0.4, 0.5) is 0 Å². The summed E-state index contributed by atoms with van der Waals surface area (Å²) < 4.78 is 10.4. The minimum Gasteiger partial charge on any atom is -0.493 e. The number of rotatable bonds is 6. The minimum atomic E-state index is 0.118. The van der Waals surface area contributed by atoms with Crippen molar-refractivity contribution in [2.24, 2.45) is 11.1 Å². The number of hydrogen-bond acceptors (Lipinski definition) is 4. The van der Waals surface area contributed by atoms with Gasteiger partial charge in [-0.15, -0.1) is 0 Å². The fourth-order valence-electron chi connectivity index (χ4n) is 1.86. The Morgan fingerprint density at radius 1 is 1.18 bits per heavy atom. The molecule has 0 amide bonds. The third-order valence-corrected chi connectivity index (χ3v) is 2.91. The van der Waals surface area contributed by atoms with E-state index < -0.39 is 0 Å². The van der Waals surface area contributed by atoms with Crippen molar-refractivity contribution in [1.29, 1.82) is 0 Å². The van der Waals surface area contributed by atoms with E-state index in [0.717, 1.165) is 5.56 Å². The van der Waals surface area contributed by atoms with Crippen LogP contribution in [0.15, 0.2) is 23.4 Å². The van der Waals surface area contributed by atoms with E-state index in [1.807, 2.05) is 18.2 Å². The molecular weight excluding hydrogens is 218 g/mol. The Kier molecular flexibility index (Phi) is 4.94. The molecule has 4 heteroatoms. The van der Waals surface area contributed by atoms with Gasteiger partial charge in [-0.25, -0.2) is 0 Å². The van der Waals surface area contributed by atoms with E-state index in [1.165, 1.54) is 0 Å². The molecule has 0 aromatic heterocycles. The summed E-state index contributed by atoms with van der Waals surface area (Å²) in [6.45, 7) is 4.44. The number of ether oxygens (including phenoxy) is 2. The summed E-state index contributed by atoms with van der Waals surface area (Å²) in [5.74, 6) is 1.84. The Balaban J connectivity index is 3.07. The van der Waals surface area contributed by atoms with Gasteiger partial charge < -0.3 is 9.47 Å². The van der Waals surface area contributed by atoms with Crippen LogP contribution in [0.1, 0.15) is 25.3 Å². The summed E-state index contributed by atoms with van der Waals surface area (Å²) in [6.07, 6.45) is 0. The Labute approximate surface area is 102 Å². The van der Waals surface area contributed by atoms with Gasteiger partial charge in [0.05, 0.1) is 20.8 Å². The summed E-state index contributed by atoms with van der Waals surface area (Å²) in [5, 5.41) is 3.01. The molecule has 4 nitrogen and oxygen atoms in total. The summed E-state index contributed by atoms with van der Waals surface area (Å²) in [6, 6.07) is 5.72. The van der Waals surface area contributed by atoms with E-state index in [0.29, 0.717) is 17.4 Å². The molecule has 0 aliphatic heterocycles. The lowest BCUT2D eigenvalue weighted by molar-refractivity contribution is 0.353. The summed E-state index contributed by atoms with van der Waals surface area (Å²) in [4.78, 5) is 10.5. The smallest absolute Gasteiger partial charge is 0.160 e. The average Bonchev–Trinajstić information content (AvgIpc) is 2.34. The second-order valence-electron chi connectivity index (χ2n) is 4.28. The summed E-state index contributed by atoms with van der Waals surface area (Å²) in [5.41, 5.74) is 1.05. The zero-order valence-corrected chi connectivity index (χ0v) is 10.8. The van der Waals surface area contributed by atoms with Gasteiger partial charge >= 0.3 is 0 Å². The summed E-state index contributed by atoms with van der Waals surface area (Å²) >= 11 is 0. The minimum absolute atomic E-state index is 0.118. The average molecular weight is 237 g/mol. The van der Waals surface area contributed by atoms with E-state index >= 15 is 0 Å². The molecule has 0 radical (unpaired) electrons. The molecule has 1 rings (SSSR count). The molecule has 0 spiro atoms. The Bertz CT molecular complexity index is 377. The predicted molar refractivity (Wildman–Crippen MR) is 67.8 cm³/mol. The first-order valence-electron chi connectivity index (χ1n) is 5.65. The molecule has 0 N–H and O–H groups in total. The molecule has 0 saturated heterocycles. The van der Waals surface area contributed by atoms with E-state index in [2.05, 4.69) is 19.0 Å². The van der Waals surface area contributed by atoms with Crippen molar-refractivity contribution in [3.05, 3.63) is 28.7 Å². The monoisotopic (exact) mass is 237 g/mol. The Morgan fingerprint density at radius 3 is 2.29 bits per heavy atom. The van der Waals surface area contributed by atoms with Crippen molar-refractivity contribution in [1.82, 2.24) is 0 Å². The molecular formula is C13H19NO3. The van der Waals surface area contributed by atoms with Crippen molar-refractivity contribution in [3.63, 3.8) is 0 Å². The highest BCUT2D eigenvalue weighted by Crippen LogP contribution is 2.33. The van der Waals surface area contributed by atoms with Crippen LogP contribution in [0.2, 0.25) is 0 Å². The van der Waals surface area contributed by atoms with Crippen LogP contribution in [-0.2, 0) is 0 Å². The van der Waals surface area contributed by atoms with Crippen LogP contribution in [0.25, 0.3) is 0 Å². The standard InChI is InChI=1S/C13H19NO3/c1-9(2)11(8-14-15)10-5-6-12(16-3)13(7-10)17-4/h5-7,9,11H,8H2,1-4H3. The van der Waals surface area contributed by atoms with Crippen molar-refractivity contribution < 1.29 is 9.47 Å². The second-order valence-corrected chi connectivity index (χ2v) is 4.28. The second kappa shape index (κ2) is 6.23. The fourth-order valence-corrected chi connectivity index (χ4v) is 1.86. The molecule has 94 valence electrons. The van der Waals surface area contributed by atoms with Crippen molar-refractivity contribution >= 4 is 0 Å². The van der Waals surface area contributed by atoms with Crippen LogP contribution < -0.4 is 9.47 Å². The van der Waals surface area contributed by atoms with Gasteiger partial charge in [0, 0.05) is 5.92 Å². The highest BCUT2D eigenvalue weighted by atomic mass is 16.5. The van der Waals surface area contributed by atoms with Gasteiger partial charge in [-0.3, -0.25) is 0 Å². The molecule has 1 aromatic carbocycles. The topological polar surface area (TPSA) is 47.9 Å². The Morgan fingerprint density at radius 2 is 1.82 bits per heavy atom. The molecule has 0 aliphatic carbocycles. The van der Waals surface area contributed by atoms with Crippen LogP contribution in [-0.4, -0.2) is 20.8 Å². The van der Waals surface area contributed by atoms with Crippen LogP contribution in [0, 0.1) is 10.8 Å². The van der Waals surface area contributed by atoms with Gasteiger partial charge in [0.1, 0.15) is 0 Å². The van der Waals surface area contributed by atoms with Gasteiger partial charge in [0.2, 0.25) is 0 Å². The third-order valence-electron chi connectivity index (χ3n) is 2.91. The van der Waals surface area contributed by atoms with Crippen LogP contribution in [0.3, 0.4) is 0 Å². The number of nitrogens with zero attached hydrogens (tertiary/aromatic N) is 1. The maximum atomic E-state index is 10.5. The molecule has 1 atom stereocenters. The maximum absolute atomic E-state index is 10.5. The zero-order chi connectivity index (χ0) is 12.8. The third kappa shape index (κ3) is 3.19. The number of benzene rings is 1. The highest BCUT2D eigenvalue weighted by molar-refractivity contribution is 5.44. The van der Waals surface area contributed by atoms with Crippen molar-refractivity contribution in [2.75, 3.05) is 20.8 Å². The van der Waals surface area contributed by atoms with E-state index in [4.69, 9.17) is 9.47 Å². The van der Waals surface area contributed by atoms with Gasteiger partial charge in [-0.1, -0.05) is 25.1 Å². The van der Waals surface area contributed by atoms with E-state index in [9.17, 15) is 4.91 Å². The highest BCUT2D eigenvalue weighted by Gasteiger charge is 2.18. The lowest BCUT2D eigenvalue weighted by Gasteiger charge is -2.19. The van der Waals surface area contributed by atoms with Gasteiger partial charge in [0.25, 0.3) is 0 Å². The molecule has 1 unspecified atom stereocenters.